The van der Waals surface area contributed by atoms with Crippen LogP contribution in [0.3, 0.4) is 0 Å². The second-order valence-corrected chi connectivity index (χ2v) is 3.24. The van der Waals surface area contributed by atoms with Gasteiger partial charge in [0, 0.05) is 24.3 Å². The van der Waals surface area contributed by atoms with Gasteiger partial charge in [0.1, 0.15) is 5.82 Å². The molecule has 6 nitrogen and oxygen atoms in total. The Bertz CT molecular complexity index is 450. The van der Waals surface area contributed by atoms with Crippen molar-refractivity contribution in [3.8, 4) is 0 Å². The zero-order valence-electron chi connectivity index (χ0n) is 8.72. The monoisotopic (exact) mass is 241 g/mol. The third-order valence-electron chi connectivity index (χ3n) is 2.15. The van der Waals surface area contributed by atoms with E-state index in [4.69, 9.17) is 10.8 Å². The molecule has 0 fully saturated rings. The van der Waals surface area contributed by atoms with E-state index in [1.165, 1.54) is 0 Å². The van der Waals surface area contributed by atoms with E-state index in [9.17, 15) is 19.3 Å². The fraction of sp³-hybridized carbons (Fsp3) is 0.200. The van der Waals surface area contributed by atoms with Crippen LogP contribution in [0.15, 0.2) is 18.2 Å². The molecular weight excluding hydrogens is 231 g/mol. The maximum Gasteiger partial charge on any atom is 0.269 e. The molecule has 0 atom stereocenters. The number of non-ortho nitro benzene ring substituents is 1. The molecular formula is C10H10FN2O4. The largest absolute Gasteiger partial charge is 0.396 e. The molecule has 0 saturated heterocycles. The molecule has 0 aromatic heterocycles. The molecule has 0 bridgehead atoms. The second-order valence-electron chi connectivity index (χ2n) is 3.24. The average molecular weight is 241 g/mol. The zero-order chi connectivity index (χ0) is 13.0. The van der Waals surface area contributed by atoms with E-state index >= 15 is 0 Å². The minimum atomic E-state index is -0.918. The molecule has 0 unspecified atom stereocenters. The standard InChI is InChI=1S/C10H10FN2O4/c11-9-2-1-6(13(16)17)5-8(9)7(3-4-14)10(12)15/h1-2,5,14H,3-4H2,(H2,12,15). The van der Waals surface area contributed by atoms with Gasteiger partial charge in [0.05, 0.1) is 10.8 Å². The molecule has 1 aromatic rings. The van der Waals surface area contributed by atoms with Crippen LogP contribution in [0.25, 0.3) is 0 Å². The molecule has 0 heterocycles. The van der Waals surface area contributed by atoms with Gasteiger partial charge in [0.25, 0.3) is 5.69 Å². The summed E-state index contributed by atoms with van der Waals surface area (Å²) >= 11 is 0. The smallest absolute Gasteiger partial charge is 0.269 e. The molecule has 91 valence electrons. The molecule has 3 N–H and O–H groups in total. The summed E-state index contributed by atoms with van der Waals surface area (Å²) < 4.78 is 13.4. The summed E-state index contributed by atoms with van der Waals surface area (Å²) in [4.78, 5) is 20.9. The predicted octanol–water partition coefficient (Wildman–Crippen LogP) is 0.524. The van der Waals surface area contributed by atoms with Crippen LogP contribution in [0.1, 0.15) is 12.0 Å². The summed E-state index contributed by atoms with van der Waals surface area (Å²) in [6.07, 6.45) is -0.159. The van der Waals surface area contributed by atoms with Crippen molar-refractivity contribution >= 4 is 11.6 Å². The third-order valence-corrected chi connectivity index (χ3v) is 2.15. The molecule has 7 heteroatoms. The first-order chi connectivity index (χ1) is 7.97. The average Bonchev–Trinajstić information content (AvgIpc) is 2.26. The SMILES string of the molecule is NC(=O)[C](CCO)c1cc([N+](=O)[O-])ccc1F. The Hall–Kier alpha value is -2.02. The number of nitro benzene ring substituents is 1. The summed E-state index contributed by atoms with van der Waals surface area (Å²) in [7, 11) is 0. The second kappa shape index (κ2) is 5.35. The molecule has 0 aliphatic heterocycles. The number of benzene rings is 1. The highest BCUT2D eigenvalue weighted by atomic mass is 19.1. The third kappa shape index (κ3) is 2.97. The topological polar surface area (TPSA) is 106 Å². The number of primary amides is 1. The zero-order valence-corrected chi connectivity index (χ0v) is 8.72. The number of hydrogen-bond acceptors (Lipinski definition) is 4. The number of nitrogens with zero attached hydrogens (tertiary/aromatic N) is 1. The lowest BCUT2D eigenvalue weighted by Crippen LogP contribution is -2.24. The van der Waals surface area contributed by atoms with Gasteiger partial charge >= 0.3 is 0 Å². The van der Waals surface area contributed by atoms with Gasteiger partial charge in [-0.25, -0.2) is 4.39 Å². The van der Waals surface area contributed by atoms with Crippen LogP contribution in [0, 0.1) is 21.8 Å². The summed E-state index contributed by atoms with van der Waals surface area (Å²) in [6.45, 7) is -0.402. The van der Waals surface area contributed by atoms with E-state index in [2.05, 4.69) is 0 Å². The summed E-state index contributed by atoms with van der Waals surface area (Å²) in [5.74, 6) is -1.88. The van der Waals surface area contributed by atoms with Crippen molar-refractivity contribution in [1.29, 1.82) is 0 Å². The van der Waals surface area contributed by atoms with Crippen molar-refractivity contribution in [2.75, 3.05) is 6.61 Å². The normalized spacial score (nSPS) is 10.5. The summed E-state index contributed by atoms with van der Waals surface area (Å²) in [5, 5.41) is 19.3. The number of hydrogen-bond donors (Lipinski definition) is 2. The van der Waals surface area contributed by atoms with Crippen molar-refractivity contribution in [3.05, 3.63) is 45.6 Å². The van der Waals surface area contributed by atoms with Crippen molar-refractivity contribution in [2.24, 2.45) is 5.73 Å². The number of carbonyl (C=O) groups excluding carboxylic acids is 1. The van der Waals surface area contributed by atoms with Crippen molar-refractivity contribution in [2.45, 2.75) is 6.42 Å². The van der Waals surface area contributed by atoms with E-state index < -0.39 is 23.3 Å². The number of carbonyl (C=O) groups is 1. The first kappa shape index (κ1) is 13.0. The predicted molar refractivity (Wildman–Crippen MR) is 56.3 cm³/mol. The van der Waals surface area contributed by atoms with Crippen LogP contribution < -0.4 is 5.73 Å². The number of amides is 1. The highest BCUT2D eigenvalue weighted by molar-refractivity contribution is 5.93. The van der Waals surface area contributed by atoms with Crippen molar-refractivity contribution < 1.29 is 19.2 Å². The van der Waals surface area contributed by atoms with Crippen LogP contribution in [-0.4, -0.2) is 22.5 Å². The number of aliphatic hydroxyl groups excluding tert-OH is 1. The Morgan fingerprint density at radius 1 is 1.53 bits per heavy atom. The van der Waals surface area contributed by atoms with E-state index in [1.54, 1.807) is 0 Å². The van der Waals surface area contributed by atoms with Gasteiger partial charge in [0.2, 0.25) is 5.91 Å². The fourth-order valence-electron chi connectivity index (χ4n) is 1.36. The highest BCUT2D eigenvalue weighted by Crippen LogP contribution is 2.25. The van der Waals surface area contributed by atoms with Gasteiger partial charge in [-0.05, 0) is 12.5 Å². The minimum Gasteiger partial charge on any atom is -0.396 e. The molecule has 0 saturated carbocycles. The minimum absolute atomic E-state index is 0.159. The lowest BCUT2D eigenvalue weighted by molar-refractivity contribution is -0.385. The quantitative estimate of drug-likeness (QED) is 0.579. The van der Waals surface area contributed by atoms with Gasteiger partial charge in [0.15, 0.2) is 0 Å². The highest BCUT2D eigenvalue weighted by Gasteiger charge is 2.24. The van der Waals surface area contributed by atoms with Crippen molar-refractivity contribution in [1.82, 2.24) is 0 Å². The molecule has 17 heavy (non-hydrogen) atoms. The Labute approximate surface area is 96.0 Å². The molecule has 0 aliphatic rings. The van der Waals surface area contributed by atoms with Crippen LogP contribution in [0.4, 0.5) is 10.1 Å². The first-order valence-corrected chi connectivity index (χ1v) is 4.68. The first-order valence-electron chi connectivity index (χ1n) is 4.68. The molecule has 1 radical (unpaired) electrons. The number of rotatable bonds is 5. The summed E-state index contributed by atoms with van der Waals surface area (Å²) in [6, 6.07) is 2.79. The number of nitro groups is 1. The number of nitrogens with two attached hydrogens (primary N) is 1. The number of halogens is 1. The molecule has 1 amide bonds. The Kier molecular flexibility index (Phi) is 4.11. The van der Waals surface area contributed by atoms with Gasteiger partial charge in [-0.1, -0.05) is 0 Å². The van der Waals surface area contributed by atoms with Gasteiger partial charge in [-0.15, -0.1) is 0 Å². The van der Waals surface area contributed by atoms with Gasteiger partial charge in [-0.3, -0.25) is 14.9 Å². The Morgan fingerprint density at radius 2 is 2.18 bits per heavy atom. The van der Waals surface area contributed by atoms with Crippen LogP contribution >= 0.6 is 0 Å². The maximum atomic E-state index is 13.4. The summed E-state index contributed by atoms with van der Waals surface area (Å²) in [5.41, 5.74) is 4.43. The lowest BCUT2D eigenvalue weighted by Gasteiger charge is -2.11. The van der Waals surface area contributed by atoms with E-state index in [-0.39, 0.29) is 23.6 Å². The van der Waals surface area contributed by atoms with Crippen LogP contribution in [0.2, 0.25) is 0 Å². The molecule has 1 aromatic carbocycles. The fourth-order valence-corrected chi connectivity index (χ4v) is 1.36. The number of aliphatic hydroxyl groups is 1. The van der Waals surface area contributed by atoms with Gasteiger partial charge < -0.3 is 10.8 Å². The van der Waals surface area contributed by atoms with E-state index in [1.807, 2.05) is 0 Å². The molecule has 0 aliphatic carbocycles. The van der Waals surface area contributed by atoms with Gasteiger partial charge in [-0.2, -0.15) is 0 Å². The Morgan fingerprint density at radius 3 is 2.65 bits per heavy atom. The van der Waals surface area contributed by atoms with Crippen LogP contribution in [0.5, 0.6) is 0 Å². The van der Waals surface area contributed by atoms with E-state index in [0.29, 0.717) is 0 Å². The lowest BCUT2D eigenvalue weighted by atomic mass is 9.94. The van der Waals surface area contributed by atoms with Crippen LogP contribution in [-0.2, 0) is 4.79 Å². The van der Waals surface area contributed by atoms with Crippen molar-refractivity contribution in [3.63, 3.8) is 0 Å². The molecule has 0 spiro atoms. The maximum absolute atomic E-state index is 13.4. The molecule has 1 rings (SSSR count). The van der Waals surface area contributed by atoms with E-state index in [0.717, 1.165) is 18.2 Å². The Balaban J connectivity index is 3.21.